The van der Waals surface area contributed by atoms with Gasteiger partial charge in [0.2, 0.25) is 0 Å². The van der Waals surface area contributed by atoms with E-state index in [1.165, 1.54) is 89.9 Å². The van der Waals surface area contributed by atoms with Crippen LogP contribution in [0.4, 0.5) is 0 Å². The SMILES string of the molecule is CC/C=C\C/C=C\C/C=C\C/C=C\CCCCC(=O)OC(COCCCCCCCCCCC/C=C\C/C=C\C/C=C\CCCCCCC)COP(=O)(O)OCC[N+](C)(C)C. The quantitative estimate of drug-likeness (QED) is 0.0214. The molecule has 0 heterocycles. The Morgan fingerprint density at radius 1 is 0.525 bits per heavy atom. The number of ether oxygens (including phenoxy) is 2. The molecule has 9 heteroatoms. The summed E-state index contributed by atoms with van der Waals surface area (Å²) in [4.78, 5) is 22.9. The van der Waals surface area contributed by atoms with Crippen LogP contribution in [0.3, 0.4) is 0 Å². The number of hydrogen-bond donors (Lipinski definition) is 1. The van der Waals surface area contributed by atoms with Crippen molar-refractivity contribution in [3.63, 3.8) is 0 Å². The first kappa shape index (κ1) is 58.7. The molecule has 0 aromatic heterocycles. The molecule has 61 heavy (non-hydrogen) atoms. The lowest BCUT2D eigenvalue weighted by atomic mass is 10.1. The number of phosphoric acid groups is 1. The van der Waals surface area contributed by atoms with Gasteiger partial charge in [0.15, 0.2) is 0 Å². The van der Waals surface area contributed by atoms with Crippen LogP contribution >= 0.6 is 7.82 Å². The van der Waals surface area contributed by atoms with Gasteiger partial charge in [0.05, 0.1) is 34.4 Å². The number of rotatable bonds is 44. The second-order valence-corrected chi connectivity index (χ2v) is 18.6. The minimum absolute atomic E-state index is 0.0748. The molecule has 0 aliphatic carbocycles. The first-order valence-electron chi connectivity index (χ1n) is 24.3. The van der Waals surface area contributed by atoms with E-state index in [1.54, 1.807) is 0 Å². The van der Waals surface area contributed by atoms with Gasteiger partial charge in [-0.1, -0.05) is 170 Å². The topological polar surface area (TPSA) is 91.3 Å². The number of esters is 1. The average molecular weight is 875 g/mol. The van der Waals surface area contributed by atoms with Crippen LogP contribution in [-0.2, 0) is 27.9 Å². The van der Waals surface area contributed by atoms with Gasteiger partial charge < -0.3 is 18.9 Å². The van der Waals surface area contributed by atoms with E-state index >= 15 is 0 Å². The van der Waals surface area contributed by atoms with Crippen molar-refractivity contribution in [1.82, 2.24) is 0 Å². The van der Waals surface area contributed by atoms with E-state index in [4.69, 9.17) is 18.5 Å². The van der Waals surface area contributed by atoms with E-state index in [1.807, 2.05) is 21.1 Å². The van der Waals surface area contributed by atoms with Gasteiger partial charge in [0.1, 0.15) is 19.3 Å². The normalized spacial score (nSPS) is 14.4. The van der Waals surface area contributed by atoms with Crippen molar-refractivity contribution in [2.45, 2.75) is 187 Å². The highest BCUT2D eigenvalue weighted by atomic mass is 31.2. The molecule has 8 nitrogen and oxygen atoms in total. The Balaban J connectivity index is 4.22. The van der Waals surface area contributed by atoms with E-state index in [0.717, 1.165) is 64.2 Å². The van der Waals surface area contributed by atoms with Crippen LogP contribution in [-0.4, -0.2) is 75.6 Å². The maximum absolute atomic E-state index is 12.7. The van der Waals surface area contributed by atoms with Crippen LogP contribution in [0, 0.1) is 0 Å². The second kappa shape index (κ2) is 44.3. The zero-order valence-corrected chi connectivity index (χ0v) is 40.8. The third-order valence-electron chi connectivity index (χ3n) is 9.94. The van der Waals surface area contributed by atoms with Crippen molar-refractivity contribution in [2.24, 2.45) is 0 Å². The standard InChI is InChI=1S/C52H92NO7P/c1-6-8-10-12-14-16-18-20-22-23-24-25-26-27-28-29-30-32-34-36-38-40-42-44-47-57-49-51(50-59-61(55,56)58-48-46-53(3,4)5)60-52(54)45-43-41-39-37-35-33-31-21-19-17-15-13-11-9-7-2/h9,11,15,17-18,20-21,23-24,26-27,31,35,37,51H,6-8,10,12-14,16,19,22,25,28-30,32-34,36,38-50H2,1-5H3/p+1/b11-9-,17-15-,20-18-,24-23-,27-26-,31-21-,37-35-. The molecule has 0 fully saturated rings. The molecule has 2 atom stereocenters. The van der Waals surface area contributed by atoms with Gasteiger partial charge in [-0.3, -0.25) is 13.8 Å². The molecule has 0 aromatic carbocycles. The lowest BCUT2D eigenvalue weighted by molar-refractivity contribution is -0.870. The molecule has 352 valence electrons. The smallest absolute Gasteiger partial charge is 0.457 e. The third kappa shape index (κ3) is 48.6. The lowest BCUT2D eigenvalue weighted by Crippen LogP contribution is -2.37. The van der Waals surface area contributed by atoms with Crippen LogP contribution in [0.1, 0.15) is 181 Å². The van der Waals surface area contributed by atoms with Gasteiger partial charge in [-0.25, -0.2) is 4.57 Å². The lowest BCUT2D eigenvalue weighted by Gasteiger charge is -2.24. The molecular weight excluding hydrogens is 782 g/mol. The molecule has 0 aromatic rings. The van der Waals surface area contributed by atoms with E-state index in [0.29, 0.717) is 24.1 Å². The summed E-state index contributed by atoms with van der Waals surface area (Å²) in [5, 5.41) is 0. The summed E-state index contributed by atoms with van der Waals surface area (Å²) in [5.74, 6) is -0.359. The van der Waals surface area contributed by atoms with Crippen LogP contribution in [0.5, 0.6) is 0 Å². The van der Waals surface area contributed by atoms with Gasteiger partial charge in [-0.2, -0.15) is 0 Å². The Morgan fingerprint density at radius 2 is 0.951 bits per heavy atom. The second-order valence-electron chi connectivity index (χ2n) is 17.1. The van der Waals surface area contributed by atoms with Crippen LogP contribution in [0.25, 0.3) is 0 Å². The molecule has 0 bridgehead atoms. The molecular formula is C52H93NO7P+. The zero-order chi connectivity index (χ0) is 44.8. The Bertz CT molecular complexity index is 1250. The van der Waals surface area contributed by atoms with Gasteiger partial charge >= 0.3 is 13.8 Å². The minimum Gasteiger partial charge on any atom is -0.457 e. The molecule has 0 aliphatic rings. The van der Waals surface area contributed by atoms with Crippen molar-refractivity contribution < 1.29 is 37.3 Å². The first-order chi connectivity index (χ1) is 29.6. The number of hydrogen-bond acceptors (Lipinski definition) is 6. The number of phosphoric ester groups is 1. The van der Waals surface area contributed by atoms with E-state index in [-0.39, 0.29) is 32.2 Å². The van der Waals surface area contributed by atoms with Crippen molar-refractivity contribution in [1.29, 1.82) is 0 Å². The van der Waals surface area contributed by atoms with Crippen LogP contribution in [0.2, 0.25) is 0 Å². The van der Waals surface area contributed by atoms with E-state index in [2.05, 4.69) is 98.9 Å². The summed E-state index contributed by atoms with van der Waals surface area (Å²) in [7, 11) is 1.62. The minimum atomic E-state index is -4.30. The number of carbonyl (C=O) groups excluding carboxylic acids is 1. The van der Waals surface area contributed by atoms with Crippen molar-refractivity contribution in [2.75, 3.05) is 54.1 Å². The van der Waals surface area contributed by atoms with Crippen LogP contribution in [0.15, 0.2) is 85.1 Å². The Kier molecular flexibility index (Phi) is 42.6. The summed E-state index contributed by atoms with van der Waals surface area (Å²) in [5.41, 5.74) is 0. The summed E-state index contributed by atoms with van der Waals surface area (Å²) < 4.78 is 35.0. The molecule has 0 saturated carbocycles. The highest BCUT2D eigenvalue weighted by molar-refractivity contribution is 7.47. The summed E-state index contributed by atoms with van der Waals surface area (Å²) in [6.45, 7) is 5.41. The van der Waals surface area contributed by atoms with Gasteiger partial charge in [0, 0.05) is 13.0 Å². The van der Waals surface area contributed by atoms with Crippen molar-refractivity contribution >= 4 is 13.8 Å². The van der Waals surface area contributed by atoms with Gasteiger partial charge in [0.25, 0.3) is 0 Å². The maximum atomic E-state index is 12.7. The fourth-order valence-corrected chi connectivity index (χ4v) is 6.94. The number of unbranched alkanes of at least 4 members (excludes halogenated alkanes) is 16. The molecule has 0 radical (unpaired) electrons. The first-order valence-corrected chi connectivity index (χ1v) is 25.8. The molecule has 0 aliphatic heterocycles. The number of allylic oxidation sites excluding steroid dienone is 14. The highest BCUT2D eigenvalue weighted by Crippen LogP contribution is 2.43. The monoisotopic (exact) mass is 875 g/mol. The number of nitrogens with zero attached hydrogens (tertiary/aromatic N) is 1. The zero-order valence-electron chi connectivity index (χ0n) is 39.9. The fraction of sp³-hybridized carbons (Fsp3) is 0.712. The summed E-state index contributed by atoms with van der Waals surface area (Å²) >= 11 is 0. The highest BCUT2D eigenvalue weighted by Gasteiger charge is 2.26. The largest absolute Gasteiger partial charge is 0.472 e. The summed E-state index contributed by atoms with van der Waals surface area (Å²) in [6, 6.07) is 0. The maximum Gasteiger partial charge on any atom is 0.472 e. The predicted octanol–water partition coefficient (Wildman–Crippen LogP) is 14.8. The molecule has 0 rings (SSSR count). The number of quaternary nitrogens is 1. The Labute approximate surface area is 375 Å². The van der Waals surface area contributed by atoms with Crippen molar-refractivity contribution in [3.8, 4) is 0 Å². The Hall–Kier alpha value is -2.32. The molecule has 0 spiro atoms. The van der Waals surface area contributed by atoms with E-state index in [9.17, 15) is 14.3 Å². The third-order valence-corrected chi connectivity index (χ3v) is 10.9. The van der Waals surface area contributed by atoms with Crippen LogP contribution < -0.4 is 0 Å². The molecule has 0 amide bonds. The average Bonchev–Trinajstić information content (AvgIpc) is 3.22. The molecule has 2 unspecified atom stereocenters. The molecule has 1 N–H and O–H groups in total. The van der Waals surface area contributed by atoms with Gasteiger partial charge in [-0.05, 0) is 89.9 Å². The van der Waals surface area contributed by atoms with E-state index < -0.39 is 13.9 Å². The Morgan fingerprint density at radius 3 is 1.43 bits per heavy atom. The molecule has 0 saturated heterocycles. The van der Waals surface area contributed by atoms with Gasteiger partial charge in [-0.15, -0.1) is 0 Å². The number of likely N-dealkylation sites (N-methyl/N-ethyl adjacent to an activating group) is 1. The number of carbonyl (C=O) groups is 1. The summed E-state index contributed by atoms with van der Waals surface area (Å²) in [6.07, 6.45) is 59.2. The predicted molar refractivity (Wildman–Crippen MR) is 261 cm³/mol. The fourth-order valence-electron chi connectivity index (χ4n) is 6.20. The van der Waals surface area contributed by atoms with Crippen molar-refractivity contribution in [3.05, 3.63) is 85.1 Å².